The third-order valence-corrected chi connectivity index (χ3v) is 4.94. The fourth-order valence-corrected chi connectivity index (χ4v) is 3.81. The molecule has 2 atom stereocenters. The van der Waals surface area contributed by atoms with Gasteiger partial charge in [0.1, 0.15) is 10.8 Å². The average Bonchev–Trinajstić information content (AvgIpc) is 2.46. The molecule has 0 saturated carbocycles. The molecule has 2 unspecified atom stereocenters. The number of fused-ring (bicyclic) bond motifs is 1. The summed E-state index contributed by atoms with van der Waals surface area (Å²) in [6.07, 6.45) is 3.85. The van der Waals surface area contributed by atoms with Crippen molar-refractivity contribution in [3.8, 4) is 0 Å². The largest absolute Gasteiger partial charge is 0.389 e. The van der Waals surface area contributed by atoms with Gasteiger partial charge in [-0.25, -0.2) is 4.39 Å². The first-order valence-corrected chi connectivity index (χ1v) is 8.07. The molecule has 0 amide bonds. The van der Waals surface area contributed by atoms with Gasteiger partial charge in [0, 0.05) is 36.4 Å². The van der Waals surface area contributed by atoms with E-state index in [1.54, 1.807) is 0 Å². The second-order valence-corrected chi connectivity index (χ2v) is 6.61. The van der Waals surface area contributed by atoms with Gasteiger partial charge in [0.25, 0.3) is 0 Å². The highest BCUT2D eigenvalue weighted by Crippen LogP contribution is 2.30. The van der Waals surface area contributed by atoms with E-state index in [0.717, 1.165) is 18.8 Å². The normalized spacial score (nSPS) is 26.5. The van der Waals surface area contributed by atoms with Crippen LogP contribution in [0.1, 0.15) is 31.7 Å². The third kappa shape index (κ3) is 2.90. The maximum Gasteiger partial charge on any atom is 0.124 e. The number of benzene rings is 1. The zero-order chi connectivity index (χ0) is 15.0. The molecule has 5 heteroatoms. The molecule has 114 valence electrons. The molecule has 2 aliphatic heterocycles. The van der Waals surface area contributed by atoms with E-state index in [2.05, 4.69) is 16.7 Å². The van der Waals surface area contributed by atoms with Crippen molar-refractivity contribution in [1.82, 2.24) is 4.90 Å². The number of anilines is 1. The van der Waals surface area contributed by atoms with Crippen molar-refractivity contribution < 1.29 is 4.39 Å². The lowest BCUT2D eigenvalue weighted by Crippen LogP contribution is -2.59. The van der Waals surface area contributed by atoms with Gasteiger partial charge < -0.3 is 10.6 Å². The van der Waals surface area contributed by atoms with Crippen LogP contribution in [0.15, 0.2) is 18.2 Å². The highest BCUT2D eigenvalue weighted by molar-refractivity contribution is 7.80. The molecule has 0 aromatic heterocycles. The Labute approximate surface area is 130 Å². The van der Waals surface area contributed by atoms with Gasteiger partial charge in [-0.05, 0) is 44.5 Å². The molecular weight excluding hydrogens is 285 g/mol. The Kier molecular flexibility index (Phi) is 4.13. The highest BCUT2D eigenvalue weighted by Gasteiger charge is 2.33. The van der Waals surface area contributed by atoms with Crippen LogP contribution >= 0.6 is 12.2 Å². The summed E-state index contributed by atoms with van der Waals surface area (Å²) in [6.45, 7) is 5.45. The van der Waals surface area contributed by atoms with Crippen LogP contribution in [-0.2, 0) is 0 Å². The fourth-order valence-electron chi connectivity index (χ4n) is 3.64. The summed E-state index contributed by atoms with van der Waals surface area (Å²) in [5, 5.41) is 0. The molecule has 1 aromatic rings. The number of hydrogen-bond donors (Lipinski definition) is 1. The van der Waals surface area contributed by atoms with Crippen molar-refractivity contribution in [2.24, 2.45) is 5.73 Å². The van der Waals surface area contributed by atoms with E-state index in [1.165, 1.54) is 37.9 Å². The smallest absolute Gasteiger partial charge is 0.124 e. The van der Waals surface area contributed by atoms with Crippen LogP contribution in [0.3, 0.4) is 0 Å². The average molecular weight is 307 g/mol. The van der Waals surface area contributed by atoms with E-state index in [-0.39, 0.29) is 10.8 Å². The van der Waals surface area contributed by atoms with Gasteiger partial charge in [0.15, 0.2) is 0 Å². The summed E-state index contributed by atoms with van der Waals surface area (Å²) in [6, 6.07) is 5.75. The Balaban J connectivity index is 1.91. The SMILES string of the molecule is CC1CN2CCCCC2CN1c1ccc(F)cc1C(N)=S. The molecule has 2 aliphatic rings. The second kappa shape index (κ2) is 5.89. The van der Waals surface area contributed by atoms with E-state index in [9.17, 15) is 4.39 Å². The number of thiocarbonyl (C=S) groups is 1. The quantitative estimate of drug-likeness (QED) is 0.851. The van der Waals surface area contributed by atoms with E-state index < -0.39 is 0 Å². The van der Waals surface area contributed by atoms with Gasteiger partial charge in [0.2, 0.25) is 0 Å². The van der Waals surface area contributed by atoms with Crippen LogP contribution in [0.2, 0.25) is 0 Å². The summed E-state index contributed by atoms with van der Waals surface area (Å²) >= 11 is 5.11. The first-order chi connectivity index (χ1) is 10.1. The molecule has 1 aromatic carbocycles. The highest BCUT2D eigenvalue weighted by atomic mass is 32.1. The van der Waals surface area contributed by atoms with Crippen LogP contribution in [-0.4, -0.2) is 41.6 Å². The van der Waals surface area contributed by atoms with E-state index in [1.807, 2.05) is 6.07 Å². The second-order valence-electron chi connectivity index (χ2n) is 6.17. The number of nitrogens with two attached hydrogens (primary N) is 1. The molecule has 3 nitrogen and oxygen atoms in total. The summed E-state index contributed by atoms with van der Waals surface area (Å²) < 4.78 is 13.5. The summed E-state index contributed by atoms with van der Waals surface area (Å²) in [4.78, 5) is 5.21. The van der Waals surface area contributed by atoms with Crippen molar-refractivity contribution in [3.05, 3.63) is 29.6 Å². The molecule has 2 heterocycles. The molecule has 3 rings (SSSR count). The molecule has 21 heavy (non-hydrogen) atoms. The minimum absolute atomic E-state index is 0.266. The Morgan fingerprint density at radius 2 is 2.14 bits per heavy atom. The van der Waals surface area contributed by atoms with Crippen molar-refractivity contribution in [2.75, 3.05) is 24.5 Å². The molecule has 0 bridgehead atoms. The Hall–Kier alpha value is -1.20. The first-order valence-electron chi connectivity index (χ1n) is 7.66. The van der Waals surface area contributed by atoms with Crippen molar-refractivity contribution >= 4 is 22.9 Å². The number of piperidine rings is 1. The fraction of sp³-hybridized carbons (Fsp3) is 0.562. The number of piperazine rings is 1. The van der Waals surface area contributed by atoms with Gasteiger partial charge in [0.05, 0.1) is 0 Å². The predicted octanol–water partition coefficient (Wildman–Crippen LogP) is 2.52. The molecule has 2 N–H and O–H groups in total. The van der Waals surface area contributed by atoms with Crippen LogP contribution in [0.25, 0.3) is 0 Å². The van der Waals surface area contributed by atoms with E-state index in [0.29, 0.717) is 17.6 Å². The molecule has 2 saturated heterocycles. The predicted molar refractivity (Wildman–Crippen MR) is 88.3 cm³/mol. The molecule has 0 aliphatic carbocycles. The van der Waals surface area contributed by atoms with Crippen molar-refractivity contribution in [3.63, 3.8) is 0 Å². The van der Waals surface area contributed by atoms with Crippen LogP contribution in [0, 0.1) is 5.82 Å². The van der Waals surface area contributed by atoms with E-state index in [4.69, 9.17) is 18.0 Å². The minimum Gasteiger partial charge on any atom is -0.389 e. The van der Waals surface area contributed by atoms with Crippen molar-refractivity contribution in [2.45, 2.75) is 38.3 Å². The zero-order valence-electron chi connectivity index (χ0n) is 12.4. The Bertz CT molecular complexity index is 548. The maximum atomic E-state index is 13.5. The molecule has 0 spiro atoms. The summed E-state index contributed by atoms with van der Waals surface area (Å²) in [5.41, 5.74) is 7.42. The topological polar surface area (TPSA) is 32.5 Å². The monoisotopic (exact) mass is 307 g/mol. The zero-order valence-corrected chi connectivity index (χ0v) is 13.2. The van der Waals surface area contributed by atoms with Gasteiger partial charge >= 0.3 is 0 Å². The molecule has 2 fully saturated rings. The van der Waals surface area contributed by atoms with Crippen LogP contribution < -0.4 is 10.6 Å². The Morgan fingerprint density at radius 3 is 2.90 bits per heavy atom. The summed E-state index contributed by atoms with van der Waals surface area (Å²) in [7, 11) is 0. The van der Waals surface area contributed by atoms with Gasteiger partial charge in [-0.3, -0.25) is 4.90 Å². The van der Waals surface area contributed by atoms with Gasteiger partial charge in [-0.2, -0.15) is 0 Å². The molecule has 0 radical (unpaired) electrons. The lowest BCUT2D eigenvalue weighted by atomic mass is 9.96. The van der Waals surface area contributed by atoms with Gasteiger partial charge in [-0.15, -0.1) is 0 Å². The van der Waals surface area contributed by atoms with E-state index >= 15 is 0 Å². The number of hydrogen-bond acceptors (Lipinski definition) is 3. The number of rotatable bonds is 2. The van der Waals surface area contributed by atoms with Crippen LogP contribution in [0.4, 0.5) is 10.1 Å². The number of nitrogens with zero attached hydrogens (tertiary/aromatic N) is 2. The standard InChI is InChI=1S/C16H22FN3S/c1-11-9-19-7-3-2-4-13(19)10-20(11)15-6-5-12(17)8-14(15)16(18)21/h5-6,8,11,13H,2-4,7,9-10H2,1H3,(H2,18,21). The van der Waals surface area contributed by atoms with Gasteiger partial charge in [-0.1, -0.05) is 18.6 Å². The lowest BCUT2D eigenvalue weighted by molar-refractivity contribution is 0.115. The maximum absolute atomic E-state index is 13.5. The summed E-state index contributed by atoms with van der Waals surface area (Å²) in [5.74, 6) is -0.287. The minimum atomic E-state index is -0.287. The van der Waals surface area contributed by atoms with Crippen molar-refractivity contribution in [1.29, 1.82) is 0 Å². The lowest BCUT2D eigenvalue weighted by Gasteiger charge is -2.48. The first kappa shape index (κ1) is 14.7. The third-order valence-electron chi connectivity index (χ3n) is 4.72. The van der Waals surface area contributed by atoms with Crippen LogP contribution in [0.5, 0.6) is 0 Å². The number of halogens is 1. The molecular formula is C16H22FN3S. The Morgan fingerprint density at radius 1 is 1.33 bits per heavy atom.